The van der Waals surface area contributed by atoms with Crippen LogP contribution in [0.4, 0.5) is 5.82 Å². The Labute approximate surface area is 164 Å². The zero-order valence-corrected chi connectivity index (χ0v) is 17.0. The van der Waals surface area contributed by atoms with Crippen molar-refractivity contribution in [1.82, 2.24) is 29.4 Å². The normalized spacial score (nSPS) is 19.8. The number of anilines is 1. The highest BCUT2D eigenvalue weighted by Gasteiger charge is 2.30. The minimum absolute atomic E-state index is 0.0402. The summed E-state index contributed by atoms with van der Waals surface area (Å²) in [6.45, 7) is 8.94. The van der Waals surface area contributed by atoms with Crippen LogP contribution in [-0.4, -0.2) is 42.5 Å². The minimum Gasteiger partial charge on any atom is -0.372 e. The Morgan fingerprint density at radius 2 is 2.14 bits per heavy atom. The first kappa shape index (κ1) is 17.6. The Balaban J connectivity index is 1.61. The second-order valence-electron chi connectivity index (χ2n) is 8.15. The van der Waals surface area contributed by atoms with Crippen molar-refractivity contribution in [2.45, 2.75) is 58.6 Å². The molecule has 1 atom stereocenters. The first-order valence-corrected chi connectivity index (χ1v) is 10.2. The van der Waals surface area contributed by atoms with Crippen LogP contribution in [0.3, 0.4) is 0 Å². The fourth-order valence-corrected chi connectivity index (χ4v) is 4.60. The molecule has 8 heteroatoms. The van der Waals surface area contributed by atoms with E-state index in [1.807, 2.05) is 11.4 Å². The van der Waals surface area contributed by atoms with Crippen molar-refractivity contribution < 1.29 is 4.74 Å². The average Bonchev–Trinajstić information content (AvgIpc) is 3.40. The van der Waals surface area contributed by atoms with E-state index in [0.717, 1.165) is 61.8 Å². The van der Waals surface area contributed by atoms with E-state index in [2.05, 4.69) is 35.6 Å². The lowest BCUT2D eigenvalue weighted by molar-refractivity contribution is 0.110. The van der Waals surface area contributed by atoms with E-state index in [1.54, 1.807) is 6.33 Å². The quantitative estimate of drug-likeness (QED) is 0.695. The van der Waals surface area contributed by atoms with Gasteiger partial charge in [-0.15, -0.1) is 0 Å². The molecule has 2 aliphatic rings. The summed E-state index contributed by atoms with van der Waals surface area (Å²) in [6.07, 6.45) is 4.72. The van der Waals surface area contributed by atoms with Crippen molar-refractivity contribution in [3.63, 3.8) is 0 Å². The minimum atomic E-state index is 0.0402. The van der Waals surface area contributed by atoms with Crippen LogP contribution >= 0.6 is 0 Å². The molecule has 0 N–H and O–H groups in total. The molecule has 0 unspecified atom stereocenters. The Bertz CT molecular complexity index is 1030. The number of aryl methyl sites for hydroxylation is 2. The number of nitrogens with zero attached hydrogens (tertiary/aromatic N) is 7. The topological polar surface area (TPSA) is 73.4 Å². The van der Waals surface area contributed by atoms with Crippen LogP contribution in [0.1, 0.15) is 67.2 Å². The summed E-state index contributed by atoms with van der Waals surface area (Å²) in [5, 5.41) is 9.25. The molecule has 0 aromatic carbocycles. The molecular weight excluding hydrogens is 354 g/mol. The number of aromatic nitrogens is 6. The molecule has 1 fully saturated rings. The number of hydrogen-bond donors (Lipinski definition) is 0. The van der Waals surface area contributed by atoms with Gasteiger partial charge in [-0.25, -0.2) is 14.5 Å². The van der Waals surface area contributed by atoms with Gasteiger partial charge in [0.25, 0.3) is 0 Å². The summed E-state index contributed by atoms with van der Waals surface area (Å²) in [5.74, 6) is 2.23. The summed E-state index contributed by atoms with van der Waals surface area (Å²) < 4.78 is 9.92. The molecule has 3 aromatic heterocycles. The van der Waals surface area contributed by atoms with Crippen molar-refractivity contribution in [1.29, 1.82) is 0 Å². The summed E-state index contributed by atoms with van der Waals surface area (Å²) >= 11 is 0. The van der Waals surface area contributed by atoms with Gasteiger partial charge in [0.05, 0.1) is 5.69 Å². The number of rotatable bonds is 3. The van der Waals surface area contributed by atoms with E-state index >= 15 is 0 Å². The molecular formula is C20H27N7O. The molecule has 3 aromatic rings. The number of imidazole rings is 1. The van der Waals surface area contributed by atoms with Crippen LogP contribution in [0, 0.1) is 6.92 Å². The highest BCUT2D eigenvalue weighted by molar-refractivity contribution is 5.73. The molecule has 148 valence electrons. The third-order valence-corrected chi connectivity index (χ3v) is 5.96. The molecule has 0 bridgehead atoms. The molecule has 2 aliphatic heterocycles. The smallest absolute Gasteiger partial charge is 0.158 e. The zero-order chi connectivity index (χ0) is 19.4. The van der Waals surface area contributed by atoms with E-state index in [-0.39, 0.29) is 6.10 Å². The predicted molar refractivity (Wildman–Crippen MR) is 105 cm³/mol. The molecule has 28 heavy (non-hydrogen) atoms. The Morgan fingerprint density at radius 1 is 1.29 bits per heavy atom. The maximum atomic E-state index is 5.95. The second kappa shape index (κ2) is 6.55. The van der Waals surface area contributed by atoms with Gasteiger partial charge in [-0.05, 0) is 25.7 Å². The first-order valence-electron chi connectivity index (χ1n) is 10.2. The van der Waals surface area contributed by atoms with Crippen LogP contribution in [0.25, 0.3) is 5.52 Å². The Hall–Kier alpha value is -2.48. The van der Waals surface area contributed by atoms with Crippen molar-refractivity contribution in [3.05, 3.63) is 34.8 Å². The fraction of sp³-hybridized carbons (Fsp3) is 0.600. The van der Waals surface area contributed by atoms with E-state index < -0.39 is 0 Å². The van der Waals surface area contributed by atoms with E-state index in [4.69, 9.17) is 19.8 Å². The molecule has 0 aliphatic carbocycles. The predicted octanol–water partition coefficient (Wildman–Crippen LogP) is 2.70. The van der Waals surface area contributed by atoms with Gasteiger partial charge >= 0.3 is 0 Å². The first-order chi connectivity index (χ1) is 13.5. The second-order valence-corrected chi connectivity index (χ2v) is 8.15. The van der Waals surface area contributed by atoms with Crippen LogP contribution in [-0.2, 0) is 24.8 Å². The third-order valence-electron chi connectivity index (χ3n) is 5.96. The van der Waals surface area contributed by atoms with Gasteiger partial charge in [0.2, 0.25) is 0 Å². The third kappa shape index (κ3) is 2.62. The standard InChI is InChI=1S/C20H27N7O/c1-12(2)17-14-10-26(8-7-15(14)25(4)24-17)20-19-18(16-6-5-9-28-16)23-13(3)27(19)22-11-21-20/h11-12,16H,5-10H2,1-4H3/t16-/m0/s1. The van der Waals surface area contributed by atoms with E-state index in [9.17, 15) is 0 Å². The van der Waals surface area contributed by atoms with Gasteiger partial charge in [-0.2, -0.15) is 10.2 Å². The molecule has 0 spiro atoms. The van der Waals surface area contributed by atoms with Crippen LogP contribution < -0.4 is 4.90 Å². The van der Waals surface area contributed by atoms with Gasteiger partial charge in [-0.1, -0.05) is 13.8 Å². The SMILES string of the molecule is Cc1nc([C@@H]2CCCO2)c2c(N3CCc4c(c(C(C)C)nn4C)C3)ncnn12. The summed E-state index contributed by atoms with van der Waals surface area (Å²) in [5.41, 5.74) is 5.85. The number of ether oxygens (including phenoxy) is 1. The van der Waals surface area contributed by atoms with Crippen molar-refractivity contribution in [2.75, 3.05) is 18.1 Å². The zero-order valence-electron chi connectivity index (χ0n) is 17.0. The molecule has 8 nitrogen and oxygen atoms in total. The van der Waals surface area contributed by atoms with Gasteiger partial charge < -0.3 is 9.64 Å². The van der Waals surface area contributed by atoms with Crippen molar-refractivity contribution >= 4 is 11.3 Å². The lowest BCUT2D eigenvalue weighted by Crippen LogP contribution is -2.32. The molecule has 0 saturated carbocycles. The molecule has 5 rings (SSSR count). The van der Waals surface area contributed by atoms with Crippen LogP contribution in [0.2, 0.25) is 0 Å². The highest BCUT2D eigenvalue weighted by atomic mass is 16.5. The fourth-order valence-electron chi connectivity index (χ4n) is 4.60. The number of hydrogen-bond acceptors (Lipinski definition) is 6. The van der Waals surface area contributed by atoms with Crippen molar-refractivity contribution in [3.8, 4) is 0 Å². The van der Waals surface area contributed by atoms with E-state index in [1.165, 1.54) is 17.0 Å². The van der Waals surface area contributed by atoms with Gasteiger partial charge in [-0.3, -0.25) is 4.68 Å². The lowest BCUT2D eigenvalue weighted by atomic mass is 9.99. The van der Waals surface area contributed by atoms with Gasteiger partial charge in [0, 0.05) is 44.4 Å². The number of fused-ring (bicyclic) bond motifs is 2. The maximum Gasteiger partial charge on any atom is 0.158 e. The van der Waals surface area contributed by atoms with Crippen molar-refractivity contribution in [2.24, 2.45) is 7.05 Å². The summed E-state index contributed by atoms with van der Waals surface area (Å²) in [7, 11) is 2.05. The van der Waals surface area contributed by atoms with Gasteiger partial charge in [0.1, 0.15) is 29.5 Å². The highest BCUT2D eigenvalue weighted by Crippen LogP contribution is 2.36. The van der Waals surface area contributed by atoms with Gasteiger partial charge in [0.15, 0.2) is 5.82 Å². The molecule has 1 saturated heterocycles. The monoisotopic (exact) mass is 381 g/mol. The average molecular weight is 381 g/mol. The summed E-state index contributed by atoms with van der Waals surface area (Å²) in [6, 6.07) is 0. The largest absolute Gasteiger partial charge is 0.372 e. The molecule has 0 radical (unpaired) electrons. The Morgan fingerprint density at radius 3 is 2.89 bits per heavy atom. The van der Waals surface area contributed by atoms with E-state index in [0.29, 0.717) is 5.92 Å². The lowest BCUT2D eigenvalue weighted by Gasteiger charge is -2.29. The maximum absolute atomic E-state index is 5.95. The Kier molecular flexibility index (Phi) is 4.12. The van der Waals surface area contributed by atoms with Crippen LogP contribution in [0.15, 0.2) is 6.33 Å². The summed E-state index contributed by atoms with van der Waals surface area (Å²) in [4.78, 5) is 11.9. The van der Waals surface area contributed by atoms with Crippen LogP contribution in [0.5, 0.6) is 0 Å². The molecule has 5 heterocycles. The molecule has 0 amide bonds.